The molecule has 1 rings (SSSR count). The summed E-state index contributed by atoms with van der Waals surface area (Å²) in [5, 5.41) is -0.0387. The van der Waals surface area contributed by atoms with Gasteiger partial charge in [0.15, 0.2) is 0 Å². The second-order valence-corrected chi connectivity index (χ2v) is 7.12. The fraction of sp³-hybridized carbons (Fsp3) is 0.500. The fourth-order valence-corrected chi connectivity index (χ4v) is 3.15. The maximum Gasteiger partial charge on any atom is 0.243 e. The van der Waals surface area contributed by atoms with E-state index in [2.05, 4.69) is 25.6 Å². The molecular formula is C10H15BrClN3O2S. The first kappa shape index (κ1) is 15.8. The third kappa shape index (κ3) is 4.17. The van der Waals surface area contributed by atoms with E-state index in [0.29, 0.717) is 11.0 Å². The van der Waals surface area contributed by atoms with Crippen molar-refractivity contribution in [1.82, 2.24) is 14.6 Å². The molecule has 1 aromatic rings. The van der Waals surface area contributed by atoms with Crippen LogP contribution in [0.2, 0.25) is 5.15 Å². The van der Waals surface area contributed by atoms with E-state index < -0.39 is 10.0 Å². The summed E-state index contributed by atoms with van der Waals surface area (Å²) in [7, 11) is 0.120. The van der Waals surface area contributed by atoms with Crippen LogP contribution in [-0.4, -0.2) is 45.0 Å². The Balaban J connectivity index is 2.90. The number of nitrogens with zero attached hydrogens (tertiary/aromatic N) is 2. The minimum atomic E-state index is -3.64. The van der Waals surface area contributed by atoms with Gasteiger partial charge in [-0.1, -0.05) is 11.6 Å². The normalized spacial score (nSPS) is 13.9. The molecule has 1 unspecified atom stereocenters. The molecule has 0 aliphatic rings. The van der Waals surface area contributed by atoms with Crippen molar-refractivity contribution in [3.8, 4) is 0 Å². The standard InChI is InChI=1S/C10H15BrClN3O2S/c1-7(15(2)3)5-14-18(16,17)9-4-8(11)6-13-10(9)12/h4,6-7,14H,5H2,1-3H3. The fourth-order valence-electron chi connectivity index (χ4n) is 1.08. The van der Waals surface area contributed by atoms with Crippen LogP contribution in [0.15, 0.2) is 21.6 Å². The number of hydrogen-bond acceptors (Lipinski definition) is 4. The summed E-state index contributed by atoms with van der Waals surface area (Å²) in [6.45, 7) is 2.22. The first-order valence-electron chi connectivity index (χ1n) is 5.21. The Hall–Kier alpha value is -0.210. The largest absolute Gasteiger partial charge is 0.305 e. The molecule has 0 saturated heterocycles. The van der Waals surface area contributed by atoms with E-state index in [1.165, 1.54) is 12.3 Å². The Morgan fingerprint density at radius 3 is 2.72 bits per heavy atom. The predicted molar refractivity (Wildman–Crippen MR) is 75.3 cm³/mol. The van der Waals surface area contributed by atoms with E-state index in [0.717, 1.165) is 0 Å². The molecule has 0 aromatic carbocycles. The average Bonchev–Trinajstić information content (AvgIpc) is 2.29. The number of hydrogen-bond donors (Lipinski definition) is 1. The van der Waals surface area contributed by atoms with Gasteiger partial charge in [-0.3, -0.25) is 0 Å². The number of sulfonamides is 1. The first-order valence-corrected chi connectivity index (χ1v) is 7.86. The molecule has 0 amide bonds. The van der Waals surface area contributed by atoms with Crippen LogP contribution in [0.1, 0.15) is 6.92 Å². The van der Waals surface area contributed by atoms with Crippen LogP contribution in [0, 0.1) is 0 Å². The minimum absolute atomic E-state index is 0.0236. The van der Waals surface area contributed by atoms with Gasteiger partial charge in [-0.05, 0) is 43.0 Å². The molecule has 0 bridgehead atoms. The highest BCUT2D eigenvalue weighted by Crippen LogP contribution is 2.22. The molecule has 0 radical (unpaired) electrons. The van der Waals surface area contributed by atoms with Crippen LogP contribution in [0.5, 0.6) is 0 Å². The van der Waals surface area contributed by atoms with Crippen molar-refractivity contribution >= 4 is 37.6 Å². The second kappa shape index (κ2) is 6.29. The molecule has 0 fully saturated rings. The second-order valence-electron chi connectivity index (χ2n) is 4.11. The Morgan fingerprint density at radius 2 is 2.17 bits per heavy atom. The van der Waals surface area contributed by atoms with Crippen molar-refractivity contribution in [2.75, 3.05) is 20.6 Å². The van der Waals surface area contributed by atoms with Crippen molar-refractivity contribution in [3.05, 3.63) is 21.9 Å². The summed E-state index contributed by atoms with van der Waals surface area (Å²) in [6, 6.07) is 1.51. The molecule has 1 N–H and O–H groups in total. The monoisotopic (exact) mass is 355 g/mol. The lowest BCUT2D eigenvalue weighted by atomic mass is 10.3. The number of rotatable bonds is 5. The lowest BCUT2D eigenvalue weighted by Crippen LogP contribution is -2.38. The average molecular weight is 357 g/mol. The first-order chi connectivity index (χ1) is 8.24. The highest BCUT2D eigenvalue weighted by Gasteiger charge is 2.20. The van der Waals surface area contributed by atoms with Crippen molar-refractivity contribution in [1.29, 1.82) is 0 Å². The molecule has 102 valence electrons. The predicted octanol–water partition coefficient (Wildman–Crippen LogP) is 1.73. The van der Waals surface area contributed by atoms with E-state index in [1.807, 2.05) is 25.9 Å². The molecule has 0 aliphatic heterocycles. The highest BCUT2D eigenvalue weighted by molar-refractivity contribution is 9.10. The van der Waals surface area contributed by atoms with E-state index in [4.69, 9.17) is 11.6 Å². The van der Waals surface area contributed by atoms with Gasteiger partial charge in [0.05, 0.1) is 0 Å². The number of halogens is 2. The Labute approximate surface area is 121 Å². The van der Waals surface area contributed by atoms with Crippen LogP contribution >= 0.6 is 27.5 Å². The lowest BCUT2D eigenvalue weighted by Gasteiger charge is -2.20. The van der Waals surface area contributed by atoms with Gasteiger partial charge >= 0.3 is 0 Å². The van der Waals surface area contributed by atoms with E-state index in [1.54, 1.807) is 0 Å². The zero-order valence-electron chi connectivity index (χ0n) is 10.3. The molecule has 1 aromatic heterocycles. The van der Waals surface area contributed by atoms with Crippen LogP contribution < -0.4 is 4.72 Å². The lowest BCUT2D eigenvalue weighted by molar-refractivity contribution is 0.314. The zero-order valence-corrected chi connectivity index (χ0v) is 13.5. The summed E-state index contributed by atoms with van der Waals surface area (Å²) in [6.07, 6.45) is 1.45. The molecule has 0 aliphatic carbocycles. The Morgan fingerprint density at radius 1 is 1.56 bits per heavy atom. The summed E-state index contributed by atoms with van der Waals surface area (Å²) < 4.78 is 27.2. The summed E-state index contributed by atoms with van der Waals surface area (Å²) in [5.41, 5.74) is 0. The molecule has 1 heterocycles. The Kier molecular flexibility index (Phi) is 5.54. The van der Waals surface area contributed by atoms with Crippen LogP contribution in [0.25, 0.3) is 0 Å². The molecule has 1 atom stereocenters. The Bertz CT molecular complexity index is 522. The number of aromatic nitrogens is 1. The molecule has 5 nitrogen and oxygen atoms in total. The van der Waals surface area contributed by atoms with Crippen molar-refractivity contribution in [2.45, 2.75) is 17.9 Å². The molecule has 18 heavy (non-hydrogen) atoms. The number of likely N-dealkylation sites (N-methyl/N-ethyl adjacent to an activating group) is 1. The van der Waals surface area contributed by atoms with E-state index in [9.17, 15) is 8.42 Å². The maximum atomic E-state index is 12.1. The van der Waals surface area contributed by atoms with Crippen molar-refractivity contribution < 1.29 is 8.42 Å². The molecule has 0 saturated carbocycles. The van der Waals surface area contributed by atoms with Gasteiger partial charge in [0, 0.05) is 23.3 Å². The summed E-state index contributed by atoms with van der Waals surface area (Å²) in [5.74, 6) is 0. The molecule has 8 heteroatoms. The SMILES string of the molecule is CC(CNS(=O)(=O)c1cc(Br)cnc1Cl)N(C)C. The van der Waals surface area contributed by atoms with Gasteiger partial charge in [0.2, 0.25) is 10.0 Å². The molecule has 0 spiro atoms. The number of nitrogens with one attached hydrogen (secondary N) is 1. The van der Waals surface area contributed by atoms with Gasteiger partial charge in [-0.2, -0.15) is 0 Å². The van der Waals surface area contributed by atoms with Gasteiger partial charge in [-0.25, -0.2) is 18.1 Å². The van der Waals surface area contributed by atoms with Crippen molar-refractivity contribution in [3.63, 3.8) is 0 Å². The topological polar surface area (TPSA) is 62.3 Å². The maximum absolute atomic E-state index is 12.1. The highest BCUT2D eigenvalue weighted by atomic mass is 79.9. The van der Waals surface area contributed by atoms with Gasteiger partial charge in [0.1, 0.15) is 10.0 Å². The quantitative estimate of drug-likeness (QED) is 0.816. The van der Waals surface area contributed by atoms with Crippen LogP contribution in [0.3, 0.4) is 0 Å². The van der Waals surface area contributed by atoms with E-state index in [-0.39, 0.29) is 16.1 Å². The molecular weight excluding hydrogens is 342 g/mol. The summed E-state index contributed by atoms with van der Waals surface area (Å²) >= 11 is 8.97. The van der Waals surface area contributed by atoms with Gasteiger partial charge in [0.25, 0.3) is 0 Å². The smallest absolute Gasteiger partial charge is 0.243 e. The number of pyridine rings is 1. The van der Waals surface area contributed by atoms with Crippen molar-refractivity contribution in [2.24, 2.45) is 0 Å². The third-order valence-electron chi connectivity index (χ3n) is 2.51. The van der Waals surface area contributed by atoms with Crippen LogP contribution in [0.4, 0.5) is 0 Å². The van der Waals surface area contributed by atoms with Gasteiger partial charge in [-0.15, -0.1) is 0 Å². The minimum Gasteiger partial charge on any atom is -0.305 e. The zero-order chi connectivity index (χ0) is 13.9. The van der Waals surface area contributed by atoms with E-state index >= 15 is 0 Å². The van der Waals surface area contributed by atoms with Crippen LogP contribution in [-0.2, 0) is 10.0 Å². The van der Waals surface area contributed by atoms with Gasteiger partial charge < -0.3 is 4.90 Å². The third-order valence-corrected chi connectivity index (χ3v) is 4.80. The summed E-state index contributed by atoms with van der Waals surface area (Å²) in [4.78, 5) is 5.69.